The number of carbonyl (C=O) groups is 2. The summed E-state index contributed by atoms with van der Waals surface area (Å²) in [4.78, 5) is 53.4. The van der Waals surface area contributed by atoms with Crippen LogP contribution in [-0.4, -0.2) is 49.1 Å². The first kappa shape index (κ1) is 23.8. The van der Waals surface area contributed by atoms with Crippen LogP contribution in [0.3, 0.4) is 0 Å². The molecule has 168 valence electrons. The lowest BCUT2D eigenvalue weighted by Gasteiger charge is -2.35. The quantitative estimate of drug-likeness (QED) is 0.744. The Bertz CT molecular complexity index is 1030. The summed E-state index contributed by atoms with van der Waals surface area (Å²) in [6, 6.07) is 5.62. The maximum absolute atomic E-state index is 12.7. The third-order valence-electron chi connectivity index (χ3n) is 4.59. The summed E-state index contributed by atoms with van der Waals surface area (Å²) < 4.78 is 33.0. The molecule has 0 saturated carbocycles. The second-order valence-electron chi connectivity index (χ2n) is 6.86. The lowest BCUT2D eigenvalue weighted by molar-refractivity contribution is -0.192. The molecule has 3 rings (SSSR count). The number of aryl methyl sites for hydroxylation is 1. The topological polar surface area (TPSA) is 125 Å². The summed E-state index contributed by atoms with van der Waals surface area (Å²) in [7, 11) is 0. The van der Waals surface area contributed by atoms with Gasteiger partial charge in [0, 0.05) is 24.5 Å². The molecular weight excluding hydrogens is 421 g/mol. The van der Waals surface area contributed by atoms with Crippen molar-refractivity contribution in [3.05, 3.63) is 62.7 Å². The van der Waals surface area contributed by atoms with E-state index >= 15 is 0 Å². The molecule has 0 aliphatic carbocycles. The van der Waals surface area contributed by atoms with Crippen molar-refractivity contribution in [2.45, 2.75) is 44.9 Å². The predicted molar refractivity (Wildman–Crippen MR) is 102 cm³/mol. The van der Waals surface area contributed by atoms with Gasteiger partial charge in [0.05, 0.1) is 11.7 Å². The number of carboxylic acids is 1. The molecule has 12 heteroatoms. The molecule has 1 atom stereocenters. The number of hydrogen-bond acceptors (Lipinski definition) is 5. The maximum atomic E-state index is 12.7. The number of rotatable bonds is 3. The Morgan fingerprint density at radius 1 is 1.26 bits per heavy atom. The minimum atomic E-state index is -5.08. The summed E-state index contributed by atoms with van der Waals surface area (Å²) in [5.74, 6) is -2.90. The number of aliphatic carboxylic acids is 1. The summed E-state index contributed by atoms with van der Waals surface area (Å²) >= 11 is 0. The monoisotopic (exact) mass is 442 g/mol. The highest BCUT2D eigenvalue weighted by molar-refractivity contribution is 5.76. The van der Waals surface area contributed by atoms with Crippen molar-refractivity contribution in [1.82, 2.24) is 19.4 Å². The molecule has 1 amide bonds. The molecule has 2 N–H and O–H groups in total. The van der Waals surface area contributed by atoms with E-state index in [9.17, 15) is 27.6 Å². The van der Waals surface area contributed by atoms with E-state index in [0.29, 0.717) is 12.1 Å². The fraction of sp³-hybridized carbons (Fsp3) is 0.421. The second kappa shape index (κ2) is 10.0. The Labute approximate surface area is 174 Å². The number of nitrogens with one attached hydrogen (secondary N) is 1. The zero-order valence-electron chi connectivity index (χ0n) is 16.6. The molecule has 1 fully saturated rings. The first-order chi connectivity index (χ1) is 14.5. The van der Waals surface area contributed by atoms with Gasteiger partial charge in [0.25, 0.3) is 5.56 Å². The van der Waals surface area contributed by atoms with Crippen molar-refractivity contribution < 1.29 is 27.9 Å². The Hall–Kier alpha value is -3.44. The van der Waals surface area contributed by atoms with Gasteiger partial charge in [0.1, 0.15) is 6.54 Å². The summed E-state index contributed by atoms with van der Waals surface area (Å²) in [5.41, 5.74) is 0.288. The van der Waals surface area contributed by atoms with Gasteiger partial charge in [-0.3, -0.25) is 24.1 Å². The number of alkyl halides is 3. The lowest BCUT2D eigenvalue weighted by Crippen LogP contribution is -2.43. The van der Waals surface area contributed by atoms with Gasteiger partial charge in [-0.15, -0.1) is 0 Å². The number of nitrogens with zero attached hydrogens (tertiary/aromatic N) is 3. The van der Waals surface area contributed by atoms with Gasteiger partial charge in [-0.1, -0.05) is 6.07 Å². The van der Waals surface area contributed by atoms with Gasteiger partial charge in [-0.2, -0.15) is 13.2 Å². The predicted octanol–water partition coefficient (Wildman–Crippen LogP) is 1.63. The molecule has 1 aliphatic rings. The highest BCUT2D eigenvalue weighted by Crippen LogP contribution is 2.29. The van der Waals surface area contributed by atoms with Crippen molar-refractivity contribution >= 4 is 11.9 Å². The summed E-state index contributed by atoms with van der Waals surface area (Å²) in [5, 5.41) is 7.12. The molecule has 0 bridgehead atoms. The number of pyridine rings is 1. The second-order valence-corrected chi connectivity index (χ2v) is 6.86. The minimum Gasteiger partial charge on any atom is -0.475 e. The highest BCUT2D eigenvalue weighted by Gasteiger charge is 2.38. The van der Waals surface area contributed by atoms with E-state index < -0.39 is 23.4 Å². The SMILES string of the molecule is Cc1cn(CC(=O)N2CCCCC2c2ccccn2)c(=O)[nH]c1=O.O=C(O)C(F)(F)F. The van der Waals surface area contributed by atoms with Crippen LogP contribution in [0.1, 0.15) is 36.6 Å². The van der Waals surface area contributed by atoms with Crippen LogP contribution in [0.2, 0.25) is 0 Å². The smallest absolute Gasteiger partial charge is 0.475 e. The van der Waals surface area contributed by atoms with E-state index in [0.717, 1.165) is 25.0 Å². The van der Waals surface area contributed by atoms with E-state index in [-0.39, 0.29) is 18.5 Å². The molecule has 2 aromatic rings. The Morgan fingerprint density at radius 2 is 1.94 bits per heavy atom. The van der Waals surface area contributed by atoms with Crippen LogP contribution in [0.5, 0.6) is 0 Å². The summed E-state index contributed by atoms with van der Waals surface area (Å²) in [6.45, 7) is 2.17. The van der Waals surface area contributed by atoms with Crippen LogP contribution in [-0.2, 0) is 16.1 Å². The number of carboxylic acid groups (broad SMARTS) is 1. The fourth-order valence-electron chi connectivity index (χ4n) is 3.08. The first-order valence-corrected chi connectivity index (χ1v) is 9.31. The normalized spacial score (nSPS) is 16.3. The van der Waals surface area contributed by atoms with Crippen LogP contribution in [0.15, 0.2) is 40.2 Å². The number of likely N-dealkylation sites (tertiary alicyclic amines) is 1. The molecule has 31 heavy (non-hydrogen) atoms. The molecule has 0 spiro atoms. The van der Waals surface area contributed by atoms with Crippen molar-refractivity contribution in [2.75, 3.05) is 6.54 Å². The molecule has 1 unspecified atom stereocenters. The van der Waals surface area contributed by atoms with Gasteiger partial charge in [0.15, 0.2) is 0 Å². The zero-order chi connectivity index (χ0) is 23.2. The number of aromatic nitrogens is 3. The van der Waals surface area contributed by atoms with E-state index in [1.54, 1.807) is 18.0 Å². The molecule has 0 radical (unpaired) electrons. The standard InChI is InChI=1S/C17H20N4O3.C2HF3O2/c1-12-10-20(17(24)19-16(12)23)11-15(22)21-9-5-3-7-14(21)13-6-2-4-8-18-13;3-2(4,5)1(6)7/h2,4,6,8,10,14H,3,5,7,9,11H2,1H3,(H,19,23,24);(H,6,7). The third-order valence-corrected chi connectivity index (χ3v) is 4.59. The maximum Gasteiger partial charge on any atom is 0.490 e. The average molecular weight is 442 g/mol. The average Bonchev–Trinajstić information content (AvgIpc) is 2.72. The molecule has 2 aromatic heterocycles. The molecular formula is C19H21F3N4O5. The van der Waals surface area contributed by atoms with Crippen LogP contribution >= 0.6 is 0 Å². The van der Waals surface area contributed by atoms with E-state index in [1.165, 1.54) is 10.8 Å². The van der Waals surface area contributed by atoms with Crippen molar-refractivity contribution in [3.8, 4) is 0 Å². The van der Waals surface area contributed by atoms with Crippen LogP contribution in [0.25, 0.3) is 0 Å². The molecule has 0 aromatic carbocycles. The first-order valence-electron chi connectivity index (χ1n) is 9.31. The number of H-pyrrole nitrogens is 1. The number of piperidine rings is 1. The number of carbonyl (C=O) groups excluding carboxylic acids is 1. The Morgan fingerprint density at radius 3 is 2.52 bits per heavy atom. The molecule has 1 aliphatic heterocycles. The molecule has 3 heterocycles. The van der Waals surface area contributed by atoms with Gasteiger partial charge in [0.2, 0.25) is 5.91 Å². The number of halogens is 3. The summed E-state index contributed by atoms with van der Waals surface area (Å²) in [6.07, 6.45) is 0.917. The number of amides is 1. The van der Waals surface area contributed by atoms with Gasteiger partial charge in [-0.05, 0) is 38.3 Å². The highest BCUT2D eigenvalue weighted by atomic mass is 19.4. The van der Waals surface area contributed by atoms with Crippen molar-refractivity contribution in [3.63, 3.8) is 0 Å². The van der Waals surface area contributed by atoms with E-state index in [1.807, 2.05) is 18.2 Å². The van der Waals surface area contributed by atoms with Gasteiger partial charge < -0.3 is 10.0 Å². The fourth-order valence-corrected chi connectivity index (χ4v) is 3.08. The number of aromatic amines is 1. The Kier molecular flexibility index (Phi) is 7.72. The van der Waals surface area contributed by atoms with Gasteiger partial charge >= 0.3 is 17.8 Å². The number of hydrogen-bond donors (Lipinski definition) is 2. The van der Waals surface area contributed by atoms with Crippen LogP contribution in [0.4, 0.5) is 13.2 Å². The van der Waals surface area contributed by atoms with Crippen molar-refractivity contribution in [2.24, 2.45) is 0 Å². The van der Waals surface area contributed by atoms with Crippen LogP contribution < -0.4 is 11.2 Å². The van der Waals surface area contributed by atoms with E-state index in [4.69, 9.17) is 9.90 Å². The lowest BCUT2D eigenvalue weighted by atomic mass is 9.98. The van der Waals surface area contributed by atoms with Gasteiger partial charge in [-0.25, -0.2) is 9.59 Å². The van der Waals surface area contributed by atoms with Crippen LogP contribution in [0, 0.1) is 6.92 Å². The van der Waals surface area contributed by atoms with E-state index in [2.05, 4.69) is 9.97 Å². The minimum absolute atomic E-state index is 0.0630. The largest absolute Gasteiger partial charge is 0.490 e. The zero-order valence-corrected chi connectivity index (χ0v) is 16.6. The molecule has 1 saturated heterocycles. The Balaban J connectivity index is 0.000000423. The third kappa shape index (κ3) is 6.52. The molecule has 9 nitrogen and oxygen atoms in total. The van der Waals surface area contributed by atoms with Crippen molar-refractivity contribution in [1.29, 1.82) is 0 Å².